The van der Waals surface area contributed by atoms with E-state index in [4.69, 9.17) is 5.73 Å². The first-order valence-electron chi connectivity index (χ1n) is 4.87. The van der Waals surface area contributed by atoms with Gasteiger partial charge in [0.15, 0.2) is 0 Å². The van der Waals surface area contributed by atoms with Gasteiger partial charge in [-0.2, -0.15) is 0 Å². The van der Waals surface area contributed by atoms with Gasteiger partial charge in [-0.3, -0.25) is 0 Å². The zero-order valence-corrected chi connectivity index (χ0v) is 8.58. The third-order valence-corrected chi connectivity index (χ3v) is 2.31. The molecule has 2 nitrogen and oxygen atoms in total. The van der Waals surface area contributed by atoms with Gasteiger partial charge < -0.3 is 10.8 Å². The van der Waals surface area contributed by atoms with Crippen molar-refractivity contribution in [1.29, 1.82) is 0 Å². The summed E-state index contributed by atoms with van der Waals surface area (Å²) in [4.78, 5) is 0. The third kappa shape index (κ3) is 3.25. The van der Waals surface area contributed by atoms with E-state index in [2.05, 4.69) is 0 Å². The van der Waals surface area contributed by atoms with Gasteiger partial charge in [-0.05, 0) is 43.7 Å². The van der Waals surface area contributed by atoms with Crippen molar-refractivity contribution in [3.05, 3.63) is 35.4 Å². The van der Waals surface area contributed by atoms with Crippen molar-refractivity contribution in [2.75, 3.05) is 6.54 Å². The highest BCUT2D eigenvalue weighted by atomic mass is 19.1. The van der Waals surface area contributed by atoms with Crippen molar-refractivity contribution in [3.8, 4) is 0 Å². The molecule has 0 heterocycles. The predicted octanol–water partition coefficient (Wildman–Crippen LogP) is 1.78. The predicted molar refractivity (Wildman–Crippen MR) is 54.5 cm³/mol. The van der Waals surface area contributed by atoms with Crippen LogP contribution >= 0.6 is 0 Å². The van der Waals surface area contributed by atoms with Crippen molar-refractivity contribution in [2.24, 2.45) is 5.73 Å². The lowest BCUT2D eigenvalue weighted by molar-refractivity contribution is 0.174. The second-order valence-electron chi connectivity index (χ2n) is 3.68. The van der Waals surface area contributed by atoms with Crippen molar-refractivity contribution in [3.63, 3.8) is 0 Å². The topological polar surface area (TPSA) is 46.2 Å². The van der Waals surface area contributed by atoms with Crippen LogP contribution in [0, 0.1) is 11.6 Å². The number of aliphatic hydroxyl groups is 1. The van der Waals surface area contributed by atoms with Gasteiger partial charge in [0.2, 0.25) is 0 Å². The summed E-state index contributed by atoms with van der Waals surface area (Å²) < 4.78 is 26.3. The largest absolute Gasteiger partial charge is 0.393 e. The van der Waals surface area contributed by atoms with Crippen LogP contribution in [-0.2, 0) is 0 Å². The average Bonchev–Trinajstić information content (AvgIpc) is 2.18. The molecule has 0 spiro atoms. The minimum Gasteiger partial charge on any atom is -0.393 e. The van der Waals surface area contributed by atoms with Crippen LogP contribution in [-0.4, -0.2) is 17.8 Å². The fourth-order valence-corrected chi connectivity index (χ4v) is 1.59. The standard InChI is InChI=1S/C11H15F2NO/c1-7(15)4-8(6-14)10-5-9(12)2-3-11(10)13/h2-3,5,7-8,15H,4,6,14H2,1H3. The third-order valence-electron chi connectivity index (χ3n) is 2.31. The monoisotopic (exact) mass is 215 g/mol. The molecule has 1 aromatic rings. The summed E-state index contributed by atoms with van der Waals surface area (Å²) in [6.07, 6.45) is -0.252. The van der Waals surface area contributed by atoms with E-state index in [9.17, 15) is 13.9 Å². The van der Waals surface area contributed by atoms with Gasteiger partial charge in [0, 0.05) is 5.92 Å². The molecule has 2 atom stereocenters. The molecule has 0 saturated heterocycles. The molecule has 2 unspecified atom stereocenters. The van der Waals surface area contributed by atoms with E-state index in [1.54, 1.807) is 6.92 Å². The molecule has 0 fully saturated rings. The quantitative estimate of drug-likeness (QED) is 0.804. The van der Waals surface area contributed by atoms with Crippen LogP contribution in [0.5, 0.6) is 0 Å². The maximum atomic E-state index is 13.4. The number of rotatable bonds is 4. The minimum atomic E-state index is -0.582. The Labute approximate surface area is 87.7 Å². The zero-order valence-electron chi connectivity index (χ0n) is 8.58. The van der Waals surface area contributed by atoms with Gasteiger partial charge in [-0.15, -0.1) is 0 Å². The van der Waals surface area contributed by atoms with Gasteiger partial charge in [-0.25, -0.2) is 8.78 Å². The molecule has 4 heteroatoms. The Morgan fingerprint density at radius 1 is 1.40 bits per heavy atom. The Balaban J connectivity index is 2.95. The average molecular weight is 215 g/mol. The lowest BCUT2D eigenvalue weighted by Gasteiger charge is -2.17. The van der Waals surface area contributed by atoms with E-state index in [1.807, 2.05) is 0 Å². The Morgan fingerprint density at radius 3 is 2.60 bits per heavy atom. The Morgan fingerprint density at radius 2 is 2.07 bits per heavy atom. The van der Waals surface area contributed by atoms with Crippen LogP contribution in [0.4, 0.5) is 8.78 Å². The van der Waals surface area contributed by atoms with Gasteiger partial charge in [0.1, 0.15) is 11.6 Å². The first kappa shape index (κ1) is 12.1. The number of halogens is 2. The van der Waals surface area contributed by atoms with Gasteiger partial charge in [0.05, 0.1) is 6.10 Å². The second-order valence-corrected chi connectivity index (χ2v) is 3.68. The molecule has 0 radical (unpaired) electrons. The fourth-order valence-electron chi connectivity index (χ4n) is 1.59. The lowest BCUT2D eigenvalue weighted by Crippen LogP contribution is -2.18. The second kappa shape index (κ2) is 5.19. The SMILES string of the molecule is CC(O)CC(CN)c1cc(F)ccc1F. The summed E-state index contributed by atoms with van der Waals surface area (Å²) in [5, 5.41) is 9.20. The fraction of sp³-hybridized carbons (Fsp3) is 0.455. The van der Waals surface area contributed by atoms with Crippen LogP contribution in [0.2, 0.25) is 0 Å². The summed E-state index contributed by atoms with van der Waals surface area (Å²) in [7, 11) is 0. The highest BCUT2D eigenvalue weighted by molar-refractivity contribution is 5.23. The molecule has 0 aliphatic heterocycles. The van der Waals surface area contributed by atoms with Crippen LogP contribution in [0.3, 0.4) is 0 Å². The number of hydrogen-bond acceptors (Lipinski definition) is 2. The van der Waals surface area contributed by atoms with Crippen LogP contribution < -0.4 is 5.73 Å². The summed E-state index contributed by atoms with van der Waals surface area (Å²) in [6, 6.07) is 3.28. The highest BCUT2D eigenvalue weighted by Crippen LogP contribution is 2.23. The van der Waals surface area contributed by atoms with Crippen LogP contribution in [0.1, 0.15) is 24.8 Å². The summed E-state index contributed by atoms with van der Waals surface area (Å²) in [6.45, 7) is 1.78. The molecule has 0 saturated carbocycles. The molecule has 0 amide bonds. The summed E-state index contributed by atoms with van der Waals surface area (Å²) in [5.74, 6) is -1.32. The van der Waals surface area contributed by atoms with E-state index >= 15 is 0 Å². The summed E-state index contributed by atoms with van der Waals surface area (Å²) in [5.41, 5.74) is 5.71. The van der Waals surface area contributed by atoms with Crippen LogP contribution in [0.25, 0.3) is 0 Å². The van der Waals surface area contributed by atoms with Gasteiger partial charge in [0.25, 0.3) is 0 Å². The smallest absolute Gasteiger partial charge is 0.126 e. The zero-order chi connectivity index (χ0) is 11.4. The van der Waals surface area contributed by atoms with Gasteiger partial charge >= 0.3 is 0 Å². The molecule has 0 aromatic heterocycles. The molecule has 84 valence electrons. The molecule has 0 aliphatic carbocycles. The number of hydrogen-bond donors (Lipinski definition) is 2. The Bertz CT molecular complexity index is 328. The first-order valence-corrected chi connectivity index (χ1v) is 4.87. The molecular weight excluding hydrogens is 200 g/mol. The molecule has 0 aliphatic rings. The molecule has 0 bridgehead atoms. The normalized spacial score (nSPS) is 15.0. The minimum absolute atomic E-state index is 0.186. The van der Waals surface area contributed by atoms with E-state index in [0.29, 0.717) is 6.42 Å². The van der Waals surface area contributed by atoms with E-state index in [0.717, 1.165) is 18.2 Å². The summed E-state index contributed by atoms with van der Waals surface area (Å²) >= 11 is 0. The molecule has 3 N–H and O–H groups in total. The maximum Gasteiger partial charge on any atom is 0.126 e. The Hall–Kier alpha value is -1.00. The molecular formula is C11H15F2NO. The van der Waals surface area contributed by atoms with Crippen molar-refractivity contribution >= 4 is 0 Å². The lowest BCUT2D eigenvalue weighted by atomic mass is 9.93. The van der Waals surface area contributed by atoms with E-state index in [-0.39, 0.29) is 18.0 Å². The molecule has 1 aromatic carbocycles. The van der Waals surface area contributed by atoms with E-state index < -0.39 is 17.7 Å². The molecule has 1 rings (SSSR count). The highest BCUT2D eigenvalue weighted by Gasteiger charge is 2.17. The number of benzene rings is 1. The first-order chi connectivity index (χ1) is 7.04. The van der Waals surface area contributed by atoms with Crippen molar-refractivity contribution < 1.29 is 13.9 Å². The van der Waals surface area contributed by atoms with Crippen molar-refractivity contribution in [1.82, 2.24) is 0 Å². The Kier molecular flexibility index (Phi) is 4.17. The number of nitrogens with two attached hydrogens (primary N) is 1. The molecule has 15 heavy (non-hydrogen) atoms. The maximum absolute atomic E-state index is 13.4. The van der Waals surface area contributed by atoms with Crippen molar-refractivity contribution in [2.45, 2.75) is 25.4 Å². The number of aliphatic hydroxyl groups excluding tert-OH is 1. The van der Waals surface area contributed by atoms with Gasteiger partial charge in [-0.1, -0.05) is 0 Å². The van der Waals surface area contributed by atoms with Crippen LogP contribution in [0.15, 0.2) is 18.2 Å². The van der Waals surface area contributed by atoms with E-state index in [1.165, 1.54) is 0 Å².